The number of nitrogens with two attached hydrogens (primary N) is 1. The van der Waals surface area contributed by atoms with Gasteiger partial charge in [0.25, 0.3) is 0 Å². The first kappa shape index (κ1) is 14.9. The van der Waals surface area contributed by atoms with Gasteiger partial charge in [-0.1, -0.05) is 19.1 Å². The standard InChI is InChI=1S/C12H18N2O.ClH/c1-3-12(15)14-11-6-4-10(5-7-11)8-9(2)13;/h4-7,9H,3,8,13H2,1-2H3,(H,14,15);1H. The van der Waals surface area contributed by atoms with Crippen molar-refractivity contribution in [3.05, 3.63) is 29.8 Å². The molecule has 0 aliphatic carbocycles. The van der Waals surface area contributed by atoms with Crippen LogP contribution in [0.2, 0.25) is 0 Å². The number of halogens is 1. The van der Waals surface area contributed by atoms with Crippen LogP contribution in [0, 0.1) is 0 Å². The lowest BCUT2D eigenvalue weighted by atomic mass is 10.1. The van der Waals surface area contributed by atoms with Gasteiger partial charge in [0.05, 0.1) is 0 Å². The predicted octanol–water partition coefficient (Wildman–Crippen LogP) is 2.35. The monoisotopic (exact) mass is 242 g/mol. The van der Waals surface area contributed by atoms with Crippen molar-refractivity contribution in [2.75, 3.05) is 5.32 Å². The summed E-state index contributed by atoms with van der Waals surface area (Å²) >= 11 is 0. The molecule has 16 heavy (non-hydrogen) atoms. The highest BCUT2D eigenvalue weighted by Crippen LogP contribution is 2.10. The third-order valence-corrected chi connectivity index (χ3v) is 2.12. The lowest BCUT2D eigenvalue weighted by Gasteiger charge is -2.07. The maximum absolute atomic E-state index is 11.1. The van der Waals surface area contributed by atoms with Crippen LogP contribution in [0.4, 0.5) is 5.69 Å². The molecule has 90 valence electrons. The zero-order valence-corrected chi connectivity index (χ0v) is 10.5. The molecular formula is C12H19ClN2O. The fraction of sp³-hybridized carbons (Fsp3) is 0.417. The summed E-state index contributed by atoms with van der Waals surface area (Å²) in [6, 6.07) is 7.97. The lowest BCUT2D eigenvalue weighted by Crippen LogP contribution is -2.17. The van der Waals surface area contributed by atoms with Gasteiger partial charge in [0.1, 0.15) is 0 Å². The molecule has 0 aliphatic rings. The predicted molar refractivity (Wildman–Crippen MR) is 70.0 cm³/mol. The third kappa shape index (κ3) is 5.14. The molecule has 3 nitrogen and oxygen atoms in total. The van der Waals surface area contributed by atoms with Gasteiger partial charge in [0.15, 0.2) is 0 Å². The number of rotatable bonds is 4. The zero-order valence-electron chi connectivity index (χ0n) is 9.69. The Morgan fingerprint density at radius 3 is 2.38 bits per heavy atom. The average molecular weight is 243 g/mol. The molecule has 0 saturated carbocycles. The van der Waals surface area contributed by atoms with Gasteiger partial charge in [-0.3, -0.25) is 4.79 Å². The zero-order chi connectivity index (χ0) is 11.3. The van der Waals surface area contributed by atoms with Gasteiger partial charge in [-0.15, -0.1) is 12.4 Å². The van der Waals surface area contributed by atoms with Gasteiger partial charge in [0, 0.05) is 18.2 Å². The van der Waals surface area contributed by atoms with E-state index in [2.05, 4.69) is 5.32 Å². The summed E-state index contributed by atoms with van der Waals surface area (Å²) in [6.07, 6.45) is 1.36. The molecule has 3 N–H and O–H groups in total. The summed E-state index contributed by atoms with van der Waals surface area (Å²) in [7, 11) is 0. The minimum absolute atomic E-state index is 0. The largest absolute Gasteiger partial charge is 0.328 e. The molecule has 0 fully saturated rings. The smallest absolute Gasteiger partial charge is 0.224 e. The molecule has 1 aromatic carbocycles. The van der Waals surface area contributed by atoms with Crippen molar-refractivity contribution in [1.29, 1.82) is 0 Å². The van der Waals surface area contributed by atoms with E-state index in [9.17, 15) is 4.79 Å². The van der Waals surface area contributed by atoms with Crippen molar-refractivity contribution in [2.45, 2.75) is 32.7 Å². The number of hydrogen-bond donors (Lipinski definition) is 2. The molecule has 0 aromatic heterocycles. The van der Waals surface area contributed by atoms with Gasteiger partial charge in [-0.2, -0.15) is 0 Å². The fourth-order valence-electron chi connectivity index (χ4n) is 1.35. The van der Waals surface area contributed by atoms with Crippen molar-refractivity contribution in [1.82, 2.24) is 0 Å². The van der Waals surface area contributed by atoms with Crippen LogP contribution in [0.3, 0.4) is 0 Å². The molecule has 1 amide bonds. The highest BCUT2D eigenvalue weighted by molar-refractivity contribution is 5.90. The van der Waals surface area contributed by atoms with Crippen molar-refractivity contribution in [2.24, 2.45) is 5.73 Å². The Labute approximate surface area is 103 Å². The van der Waals surface area contributed by atoms with E-state index < -0.39 is 0 Å². The molecule has 0 radical (unpaired) electrons. The molecular weight excluding hydrogens is 224 g/mol. The van der Waals surface area contributed by atoms with E-state index >= 15 is 0 Å². The maximum atomic E-state index is 11.1. The van der Waals surface area contributed by atoms with Crippen molar-refractivity contribution < 1.29 is 4.79 Å². The lowest BCUT2D eigenvalue weighted by molar-refractivity contribution is -0.115. The summed E-state index contributed by atoms with van der Waals surface area (Å²) in [5, 5.41) is 2.80. The maximum Gasteiger partial charge on any atom is 0.224 e. The van der Waals surface area contributed by atoms with Crippen molar-refractivity contribution >= 4 is 24.0 Å². The number of benzene rings is 1. The van der Waals surface area contributed by atoms with E-state index in [-0.39, 0.29) is 24.4 Å². The topological polar surface area (TPSA) is 55.1 Å². The summed E-state index contributed by atoms with van der Waals surface area (Å²) in [5.41, 5.74) is 7.73. The van der Waals surface area contributed by atoms with Crippen LogP contribution >= 0.6 is 12.4 Å². The number of anilines is 1. The average Bonchev–Trinajstić information content (AvgIpc) is 2.20. The Balaban J connectivity index is 0.00000225. The minimum Gasteiger partial charge on any atom is -0.328 e. The first-order chi connectivity index (χ1) is 7.11. The van der Waals surface area contributed by atoms with Crippen LogP contribution < -0.4 is 11.1 Å². The normalized spacial score (nSPS) is 11.4. The highest BCUT2D eigenvalue weighted by atomic mass is 35.5. The Morgan fingerprint density at radius 2 is 1.94 bits per heavy atom. The van der Waals surface area contributed by atoms with Crippen molar-refractivity contribution in [3.63, 3.8) is 0 Å². The van der Waals surface area contributed by atoms with Crippen LogP contribution in [0.1, 0.15) is 25.8 Å². The summed E-state index contributed by atoms with van der Waals surface area (Å²) in [5.74, 6) is 0.0370. The van der Waals surface area contributed by atoms with E-state index in [1.54, 1.807) is 0 Å². The second-order valence-electron chi connectivity index (χ2n) is 3.78. The quantitative estimate of drug-likeness (QED) is 0.852. The third-order valence-electron chi connectivity index (χ3n) is 2.12. The molecule has 0 aliphatic heterocycles. The fourth-order valence-corrected chi connectivity index (χ4v) is 1.35. The molecule has 0 saturated heterocycles. The molecule has 1 atom stereocenters. The minimum atomic E-state index is 0. The van der Waals surface area contributed by atoms with Gasteiger partial charge in [0.2, 0.25) is 5.91 Å². The van der Waals surface area contributed by atoms with E-state index in [0.717, 1.165) is 12.1 Å². The number of carbonyl (C=O) groups excluding carboxylic acids is 1. The Hall–Kier alpha value is -1.06. The van der Waals surface area contributed by atoms with Gasteiger partial charge >= 0.3 is 0 Å². The van der Waals surface area contributed by atoms with E-state index in [0.29, 0.717) is 6.42 Å². The van der Waals surface area contributed by atoms with Gasteiger partial charge < -0.3 is 11.1 Å². The van der Waals surface area contributed by atoms with Gasteiger partial charge in [-0.05, 0) is 31.0 Å². The summed E-state index contributed by atoms with van der Waals surface area (Å²) in [6.45, 7) is 3.81. The van der Waals surface area contributed by atoms with Gasteiger partial charge in [-0.25, -0.2) is 0 Å². The second kappa shape index (κ2) is 7.25. The number of amides is 1. The first-order valence-corrected chi connectivity index (χ1v) is 5.26. The Kier molecular flexibility index (Phi) is 6.77. The van der Waals surface area contributed by atoms with Crippen LogP contribution in [0.25, 0.3) is 0 Å². The molecule has 1 unspecified atom stereocenters. The molecule has 1 rings (SSSR count). The molecule has 0 heterocycles. The van der Waals surface area contributed by atoms with Crippen LogP contribution in [0.15, 0.2) is 24.3 Å². The second-order valence-corrected chi connectivity index (χ2v) is 3.78. The van der Waals surface area contributed by atoms with Crippen LogP contribution in [-0.4, -0.2) is 11.9 Å². The Morgan fingerprint density at radius 1 is 1.38 bits per heavy atom. The number of nitrogens with one attached hydrogen (secondary N) is 1. The van der Waals surface area contributed by atoms with Crippen molar-refractivity contribution in [3.8, 4) is 0 Å². The van der Waals surface area contributed by atoms with E-state index in [1.165, 1.54) is 5.56 Å². The molecule has 4 heteroatoms. The molecule has 0 spiro atoms. The van der Waals surface area contributed by atoms with E-state index in [4.69, 9.17) is 5.73 Å². The molecule has 1 aromatic rings. The highest BCUT2D eigenvalue weighted by Gasteiger charge is 2.00. The SMILES string of the molecule is CCC(=O)Nc1ccc(CC(C)N)cc1.Cl. The summed E-state index contributed by atoms with van der Waals surface area (Å²) in [4.78, 5) is 11.1. The summed E-state index contributed by atoms with van der Waals surface area (Å²) < 4.78 is 0. The number of carbonyl (C=O) groups is 1. The number of hydrogen-bond acceptors (Lipinski definition) is 2. The van der Waals surface area contributed by atoms with Crippen LogP contribution in [0.5, 0.6) is 0 Å². The van der Waals surface area contributed by atoms with Crippen LogP contribution in [-0.2, 0) is 11.2 Å². The molecule has 0 bridgehead atoms. The van der Waals surface area contributed by atoms with E-state index in [1.807, 2.05) is 38.1 Å². The first-order valence-electron chi connectivity index (χ1n) is 5.26. The Bertz CT molecular complexity index is 322.